The molecular formula is C17H30N4. The molecule has 0 fully saturated rings. The number of nitrogens with zero attached hydrogens (tertiary/aromatic N) is 3. The highest BCUT2D eigenvalue weighted by Gasteiger charge is 2.26. The first kappa shape index (κ1) is 17.7. The predicted molar refractivity (Wildman–Crippen MR) is 87.1 cm³/mol. The molecule has 1 aromatic heterocycles. The quantitative estimate of drug-likeness (QED) is 0.718. The average Bonchev–Trinajstić information content (AvgIpc) is 2.93. The van der Waals surface area contributed by atoms with E-state index in [0.717, 1.165) is 57.3 Å². The van der Waals surface area contributed by atoms with Crippen molar-refractivity contribution >= 4 is 0 Å². The van der Waals surface area contributed by atoms with Gasteiger partial charge >= 0.3 is 0 Å². The fraction of sp³-hybridized carbons (Fsp3) is 0.765. The Morgan fingerprint density at radius 1 is 1.29 bits per heavy atom. The fourth-order valence-corrected chi connectivity index (χ4v) is 2.63. The van der Waals surface area contributed by atoms with Gasteiger partial charge in [0.25, 0.3) is 0 Å². The second kappa shape index (κ2) is 8.84. The molecule has 4 heteroatoms. The van der Waals surface area contributed by atoms with Gasteiger partial charge in [-0.05, 0) is 51.1 Å². The highest BCUT2D eigenvalue weighted by molar-refractivity contribution is 5.10. The number of nitriles is 1. The van der Waals surface area contributed by atoms with E-state index in [1.54, 1.807) is 0 Å². The summed E-state index contributed by atoms with van der Waals surface area (Å²) >= 11 is 0. The third kappa shape index (κ3) is 4.86. The molecule has 0 amide bonds. The van der Waals surface area contributed by atoms with Crippen molar-refractivity contribution in [2.45, 2.75) is 78.3 Å². The molecule has 0 aromatic carbocycles. The highest BCUT2D eigenvalue weighted by atomic mass is 15.3. The van der Waals surface area contributed by atoms with Crippen molar-refractivity contribution in [2.75, 3.05) is 6.54 Å². The molecule has 0 radical (unpaired) electrons. The summed E-state index contributed by atoms with van der Waals surface area (Å²) in [6, 6.07) is 4.69. The number of rotatable bonds is 10. The summed E-state index contributed by atoms with van der Waals surface area (Å²) < 4.78 is 2.12. The molecule has 118 valence electrons. The average molecular weight is 290 g/mol. The van der Waals surface area contributed by atoms with Crippen LogP contribution in [0, 0.1) is 11.3 Å². The molecule has 0 spiro atoms. The predicted octanol–water partition coefficient (Wildman–Crippen LogP) is 3.46. The van der Waals surface area contributed by atoms with Crippen LogP contribution in [0.3, 0.4) is 0 Å². The van der Waals surface area contributed by atoms with Gasteiger partial charge in [0.05, 0.1) is 11.8 Å². The van der Waals surface area contributed by atoms with Gasteiger partial charge in [-0.15, -0.1) is 0 Å². The topological polar surface area (TPSA) is 53.6 Å². The molecule has 0 bridgehead atoms. The molecule has 0 aliphatic carbocycles. The van der Waals surface area contributed by atoms with E-state index < -0.39 is 0 Å². The minimum atomic E-state index is -0.372. The lowest BCUT2D eigenvalue weighted by Crippen LogP contribution is -2.44. The van der Waals surface area contributed by atoms with Crippen molar-refractivity contribution in [3.8, 4) is 6.07 Å². The SMILES string of the molecule is CCCNC(C#N)(CC)CCCn1nc(CC)cc1CC. The summed E-state index contributed by atoms with van der Waals surface area (Å²) in [7, 11) is 0. The normalized spacial score (nSPS) is 13.9. The Balaban J connectivity index is 2.61. The summed E-state index contributed by atoms with van der Waals surface area (Å²) in [4.78, 5) is 0. The van der Waals surface area contributed by atoms with Gasteiger partial charge in [0, 0.05) is 12.2 Å². The number of aromatic nitrogens is 2. The van der Waals surface area contributed by atoms with Crippen LogP contribution in [-0.2, 0) is 19.4 Å². The van der Waals surface area contributed by atoms with E-state index in [1.807, 2.05) is 0 Å². The largest absolute Gasteiger partial charge is 0.299 e. The number of nitrogens with one attached hydrogen (secondary N) is 1. The zero-order valence-corrected chi connectivity index (χ0v) is 14.1. The van der Waals surface area contributed by atoms with E-state index in [-0.39, 0.29) is 5.54 Å². The summed E-state index contributed by atoms with van der Waals surface area (Å²) in [5.41, 5.74) is 2.09. The van der Waals surface area contributed by atoms with Gasteiger partial charge in [-0.25, -0.2) is 0 Å². The Bertz CT molecular complexity index is 458. The first-order valence-corrected chi connectivity index (χ1v) is 8.36. The lowest BCUT2D eigenvalue weighted by Gasteiger charge is -2.26. The molecule has 0 saturated carbocycles. The van der Waals surface area contributed by atoms with Gasteiger partial charge in [0.2, 0.25) is 0 Å². The molecule has 0 saturated heterocycles. The molecule has 1 heterocycles. The van der Waals surface area contributed by atoms with E-state index in [4.69, 9.17) is 0 Å². The number of hydrogen-bond acceptors (Lipinski definition) is 3. The standard InChI is InChI=1S/C17H30N4/c1-5-11-19-17(8-4,14-18)10-9-12-21-16(7-3)13-15(6-2)20-21/h13,19H,5-12H2,1-4H3. The van der Waals surface area contributed by atoms with E-state index in [1.165, 1.54) is 5.69 Å². The zero-order valence-electron chi connectivity index (χ0n) is 14.1. The second-order valence-electron chi connectivity index (χ2n) is 5.64. The number of aryl methyl sites for hydroxylation is 3. The van der Waals surface area contributed by atoms with Gasteiger partial charge < -0.3 is 0 Å². The van der Waals surface area contributed by atoms with Crippen LogP contribution >= 0.6 is 0 Å². The first-order valence-electron chi connectivity index (χ1n) is 8.36. The van der Waals surface area contributed by atoms with Crippen LogP contribution < -0.4 is 5.32 Å². The van der Waals surface area contributed by atoms with E-state index in [2.05, 4.69) is 54.9 Å². The molecule has 0 aliphatic heterocycles. The maximum Gasteiger partial charge on any atom is 0.106 e. The van der Waals surface area contributed by atoms with Gasteiger partial charge in [0.15, 0.2) is 0 Å². The Morgan fingerprint density at radius 2 is 2.05 bits per heavy atom. The van der Waals surface area contributed by atoms with Crippen LogP contribution in [0.4, 0.5) is 0 Å². The van der Waals surface area contributed by atoms with Crippen molar-refractivity contribution in [2.24, 2.45) is 0 Å². The van der Waals surface area contributed by atoms with Crippen LogP contribution in [0.25, 0.3) is 0 Å². The van der Waals surface area contributed by atoms with Gasteiger partial charge in [-0.3, -0.25) is 10.00 Å². The van der Waals surface area contributed by atoms with Crippen molar-refractivity contribution in [1.29, 1.82) is 5.26 Å². The molecule has 1 rings (SSSR count). The van der Waals surface area contributed by atoms with Crippen molar-refractivity contribution < 1.29 is 0 Å². The van der Waals surface area contributed by atoms with Crippen molar-refractivity contribution in [1.82, 2.24) is 15.1 Å². The summed E-state index contributed by atoms with van der Waals surface area (Å²) in [6.07, 6.45) is 5.76. The van der Waals surface area contributed by atoms with Crippen molar-refractivity contribution in [3.63, 3.8) is 0 Å². The fourth-order valence-electron chi connectivity index (χ4n) is 2.63. The lowest BCUT2D eigenvalue weighted by atomic mass is 9.92. The summed E-state index contributed by atoms with van der Waals surface area (Å²) in [6.45, 7) is 10.3. The molecule has 4 nitrogen and oxygen atoms in total. The van der Waals surface area contributed by atoms with E-state index >= 15 is 0 Å². The van der Waals surface area contributed by atoms with E-state index in [0.29, 0.717) is 0 Å². The van der Waals surface area contributed by atoms with Gasteiger partial charge in [0.1, 0.15) is 5.54 Å². The maximum absolute atomic E-state index is 9.51. The Kier molecular flexibility index (Phi) is 7.45. The smallest absolute Gasteiger partial charge is 0.106 e. The van der Waals surface area contributed by atoms with Gasteiger partial charge in [-0.1, -0.05) is 27.7 Å². The second-order valence-corrected chi connectivity index (χ2v) is 5.64. The first-order chi connectivity index (χ1) is 10.1. The summed E-state index contributed by atoms with van der Waals surface area (Å²) in [5, 5.41) is 17.6. The van der Waals surface area contributed by atoms with Crippen molar-refractivity contribution in [3.05, 3.63) is 17.5 Å². The van der Waals surface area contributed by atoms with Gasteiger partial charge in [-0.2, -0.15) is 10.4 Å². The minimum Gasteiger partial charge on any atom is -0.299 e. The molecule has 1 unspecified atom stereocenters. The Hall–Kier alpha value is -1.34. The molecule has 1 N–H and O–H groups in total. The molecule has 1 atom stereocenters. The van der Waals surface area contributed by atoms with Crippen LogP contribution in [0.1, 0.15) is 64.8 Å². The van der Waals surface area contributed by atoms with E-state index in [9.17, 15) is 5.26 Å². The molecule has 0 aliphatic rings. The Morgan fingerprint density at radius 3 is 2.57 bits per heavy atom. The van der Waals surface area contributed by atoms with Crippen LogP contribution in [-0.4, -0.2) is 21.9 Å². The third-order valence-corrected chi connectivity index (χ3v) is 4.14. The molecular weight excluding hydrogens is 260 g/mol. The summed E-state index contributed by atoms with van der Waals surface area (Å²) in [5.74, 6) is 0. The Labute approximate surface area is 129 Å². The third-order valence-electron chi connectivity index (χ3n) is 4.14. The highest BCUT2D eigenvalue weighted by Crippen LogP contribution is 2.18. The molecule has 21 heavy (non-hydrogen) atoms. The van der Waals surface area contributed by atoms with Crippen LogP contribution in [0.5, 0.6) is 0 Å². The number of hydrogen-bond donors (Lipinski definition) is 1. The monoisotopic (exact) mass is 290 g/mol. The zero-order chi connectivity index (χ0) is 15.7. The van der Waals surface area contributed by atoms with Crippen LogP contribution in [0.15, 0.2) is 6.07 Å². The van der Waals surface area contributed by atoms with Crippen LogP contribution in [0.2, 0.25) is 0 Å². The maximum atomic E-state index is 9.51. The minimum absolute atomic E-state index is 0.372. The molecule has 1 aromatic rings. The lowest BCUT2D eigenvalue weighted by molar-refractivity contribution is 0.350.